The van der Waals surface area contributed by atoms with Crippen LogP contribution in [0.4, 0.5) is 0 Å². The van der Waals surface area contributed by atoms with Gasteiger partial charge in [-0.15, -0.1) is 0 Å². The first-order chi connectivity index (χ1) is 13.3. The van der Waals surface area contributed by atoms with Crippen molar-refractivity contribution in [1.82, 2.24) is 9.62 Å². The third kappa shape index (κ3) is 6.55. The van der Waals surface area contributed by atoms with E-state index >= 15 is 0 Å². The van der Waals surface area contributed by atoms with E-state index in [1.54, 1.807) is 12.1 Å². The first kappa shape index (κ1) is 22.8. The molecule has 0 spiro atoms. The fourth-order valence-corrected chi connectivity index (χ4v) is 4.74. The van der Waals surface area contributed by atoms with E-state index in [2.05, 4.69) is 12.2 Å². The van der Waals surface area contributed by atoms with Gasteiger partial charge >= 0.3 is 0 Å². The highest BCUT2D eigenvalue weighted by atomic mass is 32.2. The summed E-state index contributed by atoms with van der Waals surface area (Å²) in [6, 6.07) is 6.19. The number of hydrogen-bond acceptors (Lipinski definition) is 5. The SMILES string of the molecule is CCCCOCCCNC(=O)c1cccc(S(=O)(=O)N2CC(C)OC(C)C2)c1. The maximum atomic E-state index is 13.0. The maximum Gasteiger partial charge on any atom is 0.251 e. The molecule has 0 aromatic heterocycles. The monoisotopic (exact) mass is 412 g/mol. The minimum Gasteiger partial charge on any atom is -0.381 e. The lowest BCUT2D eigenvalue weighted by Gasteiger charge is -2.34. The third-order valence-corrected chi connectivity index (χ3v) is 6.34. The minimum atomic E-state index is -3.67. The fraction of sp³-hybridized carbons (Fsp3) is 0.650. The zero-order valence-corrected chi connectivity index (χ0v) is 17.8. The number of benzene rings is 1. The normalized spacial score (nSPS) is 20.8. The van der Waals surface area contributed by atoms with Crippen LogP contribution in [0.2, 0.25) is 0 Å². The second-order valence-corrected chi connectivity index (χ2v) is 9.12. The summed E-state index contributed by atoms with van der Waals surface area (Å²) in [5.74, 6) is -0.283. The Morgan fingerprint density at radius 1 is 1.21 bits per heavy atom. The summed E-state index contributed by atoms with van der Waals surface area (Å²) in [4.78, 5) is 12.5. The van der Waals surface area contributed by atoms with Gasteiger partial charge in [0.15, 0.2) is 0 Å². The van der Waals surface area contributed by atoms with Gasteiger partial charge in [-0.3, -0.25) is 4.79 Å². The van der Waals surface area contributed by atoms with Crippen LogP contribution < -0.4 is 5.32 Å². The largest absolute Gasteiger partial charge is 0.381 e. The standard InChI is InChI=1S/C20H32N2O5S/c1-4-5-11-26-12-7-10-21-20(23)18-8-6-9-19(13-18)28(24,25)22-14-16(2)27-17(3)15-22/h6,8-9,13,16-17H,4-5,7,10-12,14-15H2,1-3H3,(H,21,23). The van der Waals surface area contributed by atoms with E-state index in [1.165, 1.54) is 16.4 Å². The van der Waals surface area contributed by atoms with Crippen molar-refractivity contribution in [3.63, 3.8) is 0 Å². The number of rotatable bonds is 10. The quantitative estimate of drug-likeness (QED) is 0.597. The smallest absolute Gasteiger partial charge is 0.251 e. The minimum absolute atomic E-state index is 0.129. The molecule has 28 heavy (non-hydrogen) atoms. The van der Waals surface area contributed by atoms with Gasteiger partial charge in [-0.25, -0.2) is 8.42 Å². The number of hydrogen-bond donors (Lipinski definition) is 1. The number of amides is 1. The van der Waals surface area contributed by atoms with Crippen molar-refractivity contribution in [2.75, 3.05) is 32.8 Å². The van der Waals surface area contributed by atoms with Crippen LogP contribution >= 0.6 is 0 Å². The Morgan fingerprint density at radius 2 is 1.89 bits per heavy atom. The predicted octanol–water partition coefficient (Wildman–Crippen LogP) is 2.42. The first-order valence-electron chi connectivity index (χ1n) is 9.96. The molecule has 158 valence electrons. The molecule has 1 aliphatic rings. The van der Waals surface area contributed by atoms with Crippen LogP contribution in [0, 0.1) is 0 Å². The summed E-state index contributed by atoms with van der Waals surface area (Å²) in [6.07, 6.45) is 2.53. The van der Waals surface area contributed by atoms with E-state index in [9.17, 15) is 13.2 Å². The summed E-state index contributed by atoms with van der Waals surface area (Å²) >= 11 is 0. The van der Waals surface area contributed by atoms with Crippen LogP contribution in [-0.4, -0.2) is 63.7 Å². The van der Waals surface area contributed by atoms with E-state index in [0.717, 1.165) is 25.9 Å². The molecule has 1 saturated heterocycles. The molecule has 1 fully saturated rings. The Kier molecular flexibility index (Phi) is 8.88. The Bertz CT molecular complexity index is 728. The van der Waals surface area contributed by atoms with E-state index in [1.807, 2.05) is 13.8 Å². The van der Waals surface area contributed by atoms with Crippen molar-refractivity contribution in [3.05, 3.63) is 29.8 Å². The van der Waals surface area contributed by atoms with Crippen LogP contribution in [-0.2, 0) is 19.5 Å². The van der Waals surface area contributed by atoms with Gasteiger partial charge in [0.2, 0.25) is 10.0 Å². The van der Waals surface area contributed by atoms with Crippen molar-refractivity contribution in [3.8, 4) is 0 Å². The lowest BCUT2D eigenvalue weighted by atomic mass is 10.2. The molecule has 1 aromatic carbocycles. The lowest BCUT2D eigenvalue weighted by molar-refractivity contribution is -0.0440. The molecule has 7 nitrogen and oxygen atoms in total. The van der Waals surface area contributed by atoms with E-state index in [-0.39, 0.29) is 23.0 Å². The van der Waals surface area contributed by atoms with Gasteiger partial charge < -0.3 is 14.8 Å². The molecule has 1 amide bonds. The summed E-state index contributed by atoms with van der Waals surface area (Å²) in [7, 11) is -3.67. The molecule has 1 N–H and O–H groups in total. The van der Waals surface area contributed by atoms with Crippen LogP contribution in [0.3, 0.4) is 0 Å². The average molecular weight is 413 g/mol. The zero-order chi connectivity index (χ0) is 20.6. The van der Waals surface area contributed by atoms with Gasteiger partial charge in [0, 0.05) is 38.4 Å². The number of nitrogens with zero attached hydrogens (tertiary/aromatic N) is 1. The first-order valence-corrected chi connectivity index (χ1v) is 11.4. The number of unbranched alkanes of at least 4 members (excludes halogenated alkanes) is 1. The Labute approximate surface area is 168 Å². The van der Waals surface area contributed by atoms with Crippen LogP contribution in [0.25, 0.3) is 0 Å². The van der Waals surface area contributed by atoms with Crippen LogP contribution in [0.15, 0.2) is 29.2 Å². The van der Waals surface area contributed by atoms with Crippen molar-refractivity contribution in [1.29, 1.82) is 0 Å². The summed E-state index contributed by atoms with van der Waals surface area (Å²) in [5, 5.41) is 2.81. The molecule has 1 heterocycles. The Hall–Kier alpha value is -1.48. The number of nitrogens with one attached hydrogen (secondary N) is 1. The van der Waals surface area contributed by atoms with Crippen LogP contribution in [0.5, 0.6) is 0 Å². The number of sulfonamides is 1. The molecule has 8 heteroatoms. The number of carbonyl (C=O) groups is 1. The van der Waals surface area contributed by atoms with Crippen molar-refractivity contribution in [2.24, 2.45) is 0 Å². The molecular formula is C20H32N2O5S. The maximum absolute atomic E-state index is 13.0. The van der Waals surface area contributed by atoms with Gasteiger partial charge in [-0.2, -0.15) is 4.31 Å². The van der Waals surface area contributed by atoms with Gasteiger partial charge in [-0.05, 0) is 44.9 Å². The van der Waals surface area contributed by atoms with Gasteiger partial charge in [0.25, 0.3) is 5.91 Å². The second kappa shape index (κ2) is 10.9. The molecule has 0 saturated carbocycles. The highest BCUT2D eigenvalue weighted by molar-refractivity contribution is 7.89. The molecule has 2 rings (SSSR count). The third-order valence-electron chi connectivity index (χ3n) is 4.51. The average Bonchev–Trinajstić information content (AvgIpc) is 2.66. The predicted molar refractivity (Wildman–Crippen MR) is 108 cm³/mol. The van der Waals surface area contributed by atoms with Gasteiger partial charge in [0.1, 0.15) is 0 Å². The summed E-state index contributed by atoms with van der Waals surface area (Å²) < 4.78 is 38.4. The van der Waals surface area contributed by atoms with Gasteiger partial charge in [-0.1, -0.05) is 19.4 Å². The Morgan fingerprint density at radius 3 is 2.57 bits per heavy atom. The van der Waals surface area contributed by atoms with E-state index in [0.29, 0.717) is 31.8 Å². The van der Waals surface area contributed by atoms with Crippen LogP contribution in [0.1, 0.15) is 50.4 Å². The summed E-state index contributed by atoms with van der Waals surface area (Å²) in [5.41, 5.74) is 0.335. The molecule has 0 bridgehead atoms. The lowest BCUT2D eigenvalue weighted by Crippen LogP contribution is -2.48. The summed E-state index contributed by atoms with van der Waals surface area (Å²) in [6.45, 7) is 8.26. The number of morpholine rings is 1. The highest BCUT2D eigenvalue weighted by Gasteiger charge is 2.32. The molecule has 0 radical (unpaired) electrons. The van der Waals surface area contributed by atoms with E-state index in [4.69, 9.17) is 9.47 Å². The van der Waals surface area contributed by atoms with Gasteiger partial charge in [0.05, 0.1) is 17.1 Å². The molecule has 2 atom stereocenters. The molecule has 1 aliphatic heterocycles. The Balaban J connectivity index is 1.94. The highest BCUT2D eigenvalue weighted by Crippen LogP contribution is 2.21. The molecule has 1 aromatic rings. The fourth-order valence-electron chi connectivity index (χ4n) is 3.10. The van der Waals surface area contributed by atoms with Crippen molar-refractivity contribution >= 4 is 15.9 Å². The van der Waals surface area contributed by atoms with Crippen molar-refractivity contribution < 1.29 is 22.7 Å². The second-order valence-electron chi connectivity index (χ2n) is 7.18. The van der Waals surface area contributed by atoms with Crippen molar-refractivity contribution in [2.45, 2.75) is 57.1 Å². The number of carbonyl (C=O) groups excluding carboxylic acids is 1. The molecule has 2 unspecified atom stereocenters. The zero-order valence-electron chi connectivity index (χ0n) is 17.0. The number of ether oxygens (including phenoxy) is 2. The van der Waals surface area contributed by atoms with E-state index < -0.39 is 10.0 Å². The molecular weight excluding hydrogens is 380 g/mol. The topological polar surface area (TPSA) is 84.9 Å². The molecule has 0 aliphatic carbocycles.